The number of carbonyl (C=O) groups excluding carboxylic acids is 1. The predicted molar refractivity (Wildman–Crippen MR) is 103 cm³/mol. The minimum Gasteiger partial charge on any atom is -0.492 e. The summed E-state index contributed by atoms with van der Waals surface area (Å²) in [6.07, 6.45) is 0.945. The molecule has 3 rings (SSSR count). The van der Waals surface area contributed by atoms with Gasteiger partial charge < -0.3 is 9.30 Å². The molecule has 3 aromatic rings. The van der Waals surface area contributed by atoms with E-state index in [0.717, 1.165) is 34.2 Å². The lowest BCUT2D eigenvalue weighted by Crippen LogP contribution is -2.11. The Bertz CT molecular complexity index is 883. The lowest BCUT2D eigenvalue weighted by molar-refractivity contribution is 0.112. The summed E-state index contributed by atoms with van der Waals surface area (Å²) in [6.45, 7) is 9.87. The predicted octanol–water partition coefficient (Wildman–Crippen LogP) is 5.14. The van der Waals surface area contributed by atoms with Gasteiger partial charge in [0.2, 0.25) is 0 Å². The molecule has 0 N–H and O–H groups in total. The molecule has 0 saturated heterocycles. The summed E-state index contributed by atoms with van der Waals surface area (Å²) in [5.74, 6) is 0.873. The highest BCUT2D eigenvalue weighted by atomic mass is 16.5. The van der Waals surface area contributed by atoms with E-state index in [1.165, 1.54) is 5.56 Å². The zero-order chi connectivity index (χ0) is 18.0. The van der Waals surface area contributed by atoms with Crippen LogP contribution in [0.2, 0.25) is 0 Å². The van der Waals surface area contributed by atoms with Crippen molar-refractivity contribution in [2.45, 2.75) is 39.7 Å². The fraction of sp³-hybridized carbons (Fsp3) is 0.318. The molecule has 0 aliphatic rings. The van der Waals surface area contributed by atoms with Gasteiger partial charge in [-0.05, 0) is 36.1 Å². The van der Waals surface area contributed by atoms with E-state index in [0.29, 0.717) is 13.2 Å². The van der Waals surface area contributed by atoms with Gasteiger partial charge in [0.05, 0.1) is 6.54 Å². The number of para-hydroxylation sites is 1. The molecule has 0 radical (unpaired) electrons. The van der Waals surface area contributed by atoms with Gasteiger partial charge in [-0.1, -0.05) is 51.1 Å². The van der Waals surface area contributed by atoms with Crippen LogP contribution in [0.5, 0.6) is 5.75 Å². The normalized spacial score (nSPS) is 11.7. The first-order valence-electron chi connectivity index (χ1n) is 8.68. The SMILES string of the molecule is Cc1c(C=O)c2ccccc2n1CCOc1ccc(C(C)(C)C)cc1. The lowest BCUT2D eigenvalue weighted by atomic mass is 9.87. The minimum atomic E-state index is 0.144. The number of rotatable bonds is 5. The van der Waals surface area contributed by atoms with Crippen LogP contribution in [-0.4, -0.2) is 17.5 Å². The summed E-state index contributed by atoms with van der Waals surface area (Å²) >= 11 is 0. The van der Waals surface area contributed by atoms with Gasteiger partial charge in [-0.25, -0.2) is 0 Å². The molecule has 3 heteroatoms. The molecule has 0 unspecified atom stereocenters. The monoisotopic (exact) mass is 335 g/mol. The largest absolute Gasteiger partial charge is 0.492 e. The fourth-order valence-corrected chi connectivity index (χ4v) is 3.20. The summed E-state index contributed by atoms with van der Waals surface area (Å²) in [7, 11) is 0. The summed E-state index contributed by atoms with van der Waals surface area (Å²) in [6, 6.07) is 16.3. The van der Waals surface area contributed by atoms with Gasteiger partial charge >= 0.3 is 0 Å². The zero-order valence-electron chi connectivity index (χ0n) is 15.4. The van der Waals surface area contributed by atoms with E-state index in [1.807, 2.05) is 43.3 Å². The number of fused-ring (bicyclic) bond motifs is 1. The van der Waals surface area contributed by atoms with Crippen molar-refractivity contribution in [1.29, 1.82) is 0 Å². The van der Waals surface area contributed by atoms with Gasteiger partial charge in [0.1, 0.15) is 12.4 Å². The van der Waals surface area contributed by atoms with Crippen molar-refractivity contribution in [3.8, 4) is 5.75 Å². The standard InChI is InChI=1S/C22H25NO2/c1-16-20(15-24)19-7-5-6-8-21(19)23(16)13-14-25-18-11-9-17(10-12-18)22(2,3)4/h5-12,15H,13-14H2,1-4H3. The second-order valence-corrected chi connectivity index (χ2v) is 7.41. The van der Waals surface area contributed by atoms with E-state index in [9.17, 15) is 4.79 Å². The highest BCUT2D eigenvalue weighted by Gasteiger charge is 2.14. The van der Waals surface area contributed by atoms with Crippen molar-refractivity contribution in [2.24, 2.45) is 0 Å². The molecule has 2 aromatic carbocycles. The molecule has 0 aliphatic heterocycles. The Hall–Kier alpha value is -2.55. The molecule has 0 atom stereocenters. The first-order valence-corrected chi connectivity index (χ1v) is 8.68. The lowest BCUT2D eigenvalue weighted by Gasteiger charge is -2.19. The van der Waals surface area contributed by atoms with Crippen LogP contribution in [0.1, 0.15) is 42.4 Å². The number of hydrogen-bond donors (Lipinski definition) is 0. The van der Waals surface area contributed by atoms with E-state index >= 15 is 0 Å². The van der Waals surface area contributed by atoms with Crippen molar-refractivity contribution >= 4 is 17.2 Å². The topological polar surface area (TPSA) is 31.2 Å². The van der Waals surface area contributed by atoms with Crippen LogP contribution >= 0.6 is 0 Å². The summed E-state index contributed by atoms with van der Waals surface area (Å²) in [5.41, 5.74) is 4.27. The second-order valence-electron chi connectivity index (χ2n) is 7.41. The third-order valence-corrected chi connectivity index (χ3v) is 4.70. The Kier molecular flexibility index (Phi) is 4.67. The first-order chi connectivity index (χ1) is 11.9. The average Bonchev–Trinajstić information content (AvgIpc) is 2.86. The maximum atomic E-state index is 11.4. The maximum absolute atomic E-state index is 11.4. The molecule has 25 heavy (non-hydrogen) atoms. The van der Waals surface area contributed by atoms with Crippen LogP contribution < -0.4 is 4.74 Å². The van der Waals surface area contributed by atoms with Gasteiger partial charge in [-0.2, -0.15) is 0 Å². The molecule has 0 spiro atoms. The first kappa shape index (κ1) is 17.3. The molecule has 1 aromatic heterocycles. The van der Waals surface area contributed by atoms with Crippen molar-refractivity contribution < 1.29 is 9.53 Å². The number of hydrogen-bond acceptors (Lipinski definition) is 2. The number of aromatic nitrogens is 1. The summed E-state index contributed by atoms with van der Waals surface area (Å²) < 4.78 is 8.07. The highest BCUT2D eigenvalue weighted by molar-refractivity contribution is 5.99. The van der Waals surface area contributed by atoms with Gasteiger partial charge in [0.25, 0.3) is 0 Å². The van der Waals surface area contributed by atoms with Gasteiger partial charge in [0, 0.05) is 22.2 Å². The smallest absolute Gasteiger partial charge is 0.152 e. The molecule has 0 saturated carbocycles. The summed E-state index contributed by atoms with van der Waals surface area (Å²) in [5, 5.41) is 1.00. The Labute approximate surface area is 149 Å². The average molecular weight is 335 g/mol. The maximum Gasteiger partial charge on any atom is 0.152 e. The summed E-state index contributed by atoms with van der Waals surface area (Å²) in [4.78, 5) is 11.4. The Morgan fingerprint density at radius 3 is 2.36 bits per heavy atom. The number of aldehydes is 1. The van der Waals surface area contributed by atoms with E-state index in [1.54, 1.807) is 0 Å². The Morgan fingerprint density at radius 2 is 1.72 bits per heavy atom. The molecule has 0 bridgehead atoms. The minimum absolute atomic E-state index is 0.144. The second kappa shape index (κ2) is 6.75. The number of benzene rings is 2. The molecular formula is C22H25NO2. The molecule has 0 fully saturated rings. The van der Waals surface area contributed by atoms with E-state index in [2.05, 4.69) is 37.5 Å². The van der Waals surface area contributed by atoms with Crippen LogP contribution in [0.25, 0.3) is 10.9 Å². The van der Waals surface area contributed by atoms with E-state index < -0.39 is 0 Å². The molecule has 130 valence electrons. The van der Waals surface area contributed by atoms with Gasteiger partial charge in [-0.15, -0.1) is 0 Å². The van der Waals surface area contributed by atoms with Crippen molar-refractivity contribution in [2.75, 3.05) is 6.61 Å². The molecule has 1 heterocycles. The quantitative estimate of drug-likeness (QED) is 0.605. The molecule has 0 aliphatic carbocycles. The molecular weight excluding hydrogens is 310 g/mol. The van der Waals surface area contributed by atoms with Gasteiger partial charge in [0.15, 0.2) is 6.29 Å². The Balaban J connectivity index is 1.73. The van der Waals surface area contributed by atoms with Crippen molar-refractivity contribution in [3.63, 3.8) is 0 Å². The van der Waals surface area contributed by atoms with Gasteiger partial charge in [-0.3, -0.25) is 4.79 Å². The fourth-order valence-electron chi connectivity index (χ4n) is 3.20. The number of nitrogens with zero attached hydrogens (tertiary/aromatic N) is 1. The third kappa shape index (κ3) is 3.46. The van der Waals surface area contributed by atoms with Crippen LogP contribution in [0, 0.1) is 6.92 Å². The highest BCUT2D eigenvalue weighted by Crippen LogP contribution is 2.26. The number of carbonyl (C=O) groups is 1. The molecule has 0 amide bonds. The van der Waals surface area contributed by atoms with Crippen LogP contribution in [0.15, 0.2) is 48.5 Å². The van der Waals surface area contributed by atoms with Crippen LogP contribution in [0.4, 0.5) is 0 Å². The van der Waals surface area contributed by atoms with Crippen LogP contribution in [-0.2, 0) is 12.0 Å². The Morgan fingerprint density at radius 1 is 1.04 bits per heavy atom. The van der Waals surface area contributed by atoms with E-state index in [4.69, 9.17) is 4.74 Å². The number of ether oxygens (including phenoxy) is 1. The zero-order valence-corrected chi connectivity index (χ0v) is 15.4. The third-order valence-electron chi connectivity index (χ3n) is 4.70. The van der Waals surface area contributed by atoms with E-state index in [-0.39, 0.29) is 5.41 Å². The van der Waals surface area contributed by atoms with Crippen molar-refractivity contribution in [1.82, 2.24) is 4.57 Å². The molecule has 3 nitrogen and oxygen atoms in total. The van der Waals surface area contributed by atoms with Crippen LogP contribution in [0.3, 0.4) is 0 Å². The van der Waals surface area contributed by atoms with Crippen molar-refractivity contribution in [3.05, 3.63) is 65.4 Å².